The largest absolute Gasteiger partial charge is 0.426 e. The predicted molar refractivity (Wildman–Crippen MR) is 93.2 cm³/mol. The van der Waals surface area contributed by atoms with Crippen LogP contribution < -0.4 is 9.64 Å². The molecule has 2 aromatic carbocycles. The van der Waals surface area contributed by atoms with Gasteiger partial charge in [-0.25, -0.2) is 0 Å². The molecule has 0 saturated carbocycles. The van der Waals surface area contributed by atoms with Crippen LogP contribution in [0.2, 0.25) is 0 Å². The minimum absolute atomic E-state index is 0.0384. The van der Waals surface area contributed by atoms with Crippen molar-refractivity contribution in [2.45, 2.75) is 27.2 Å². The van der Waals surface area contributed by atoms with E-state index < -0.39 is 5.92 Å². The summed E-state index contributed by atoms with van der Waals surface area (Å²) in [5.41, 5.74) is 3.87. The summed E-state index contributed by atoms with van der Waals surface area (Å²) in [7, 11) is 0. The maximum absolute atomic E-state index is 12.5. The van der Waals surface area contributed by atoms with Gasteiger partial charge in [0.1, 0.15) is 5.75 Å². The zero-order valence-corrected chi connectivity index (χ0v) is 14.2. The number of amides is 1. The molecule has 24 heavy (non-hydrogen) atoms. The summed E-state index contributed by atoms with van der Waals surface area (Å²) in [6, 6.07) is 13.5. The Labute approximate surface area is 142 Å². The van der Waals surface area contributed by atoms with Crippen molar-refractivity contribution in [1.82, 2.24) is 0 Å². The molecule has 0 unspecified atom stereocenters. The molecule has 0 aliphatic carbocycles. The molecule has 1 aliphatic heterocycles. The lowest BCUT2D eigenvalue weighted by molar-refractivity contribution is -0.139. The standard InChI is InChI=1S/C20H21NO3/c1-13-5-4-6-17(9-13)21-12-16(11-19(21)22)20(23)24-18-10-14(2)7-8-15(18)3/h4-10,16H,11-12H2,1-3H3/t16-/m0/s1. The van der Waals surface area contributed by atoms with Gasteiger partial charge in [-0.2, -0.15) is 0 Å². The van der Waals surface area contributed by atoms with Gasteiger partial charge in [-0.05, 0) is 55.7 Å². The molecule has 4 nitrogen and oxygen atoms in total. The average molecular weight is 323 g/mol. The van der Waals surface area contributed by atoms with Crippen molar-refractivity contribution in [3.63, 3.8) is 0 Å². The van der Waals surface area contributed by atoms with Crippen molar-refractivity contribution in [2.75, 3.05) is 11.4 Å². The molecule has 0 N–H and O–H groups in total. The lowest BCUT2D eigenvalue weighted by atomic mass is 10.1. The van der Waals surface area contributed by atoms with E-state index >= 15 is 0 Å². The van der Waals surface area contributed by atoms with E-state index in [1.807, 2.05) is 63.2 Å². The third kappa shape index (κ3) is 3.32. The molecule has 1 amide bonds. The van der Waals surface area contributed by atoms with Gasteiger partial charge in [-0.1, -0.05) is 24.3 Å². The molecule has 1 fully saturated rings. The van der Waals surface area contributed by atoms with Gasteiger partial charge < -0.3 is 9.64 Å². The highest BCUT2D eigenvalue weighted by Gasteiger charge is 2.36. The first-order valence-electron chi connectivity index (χ1n) is 8.10. The molecule has 0 bridgehead atoms. The Morgan fingerprint density at radius 1 is 1.08 bits per heavy atom. The van der Waals surface area contributed by atoms with Crippen LogP contribution in [0, 0.1) is 26.7 Å². The number of carbonyl (C=O) groups excluding carboxylic acids is 2. The van der Waals surface area contributed by atoms with Crippen LogP contribution in [-0.2, 0) is 9.59 Å². The number of aryl methyl sites for hydroxylation is 3. The van der Waals surface area contributed by atoms with E-state index in [0.717, 1.165) is 22.4 Å². The second-order valence-electron chi connectivity index (χ2n) is 6.43. The zero-order chi connectivity index (χ0) is 17.3. The predicted octanol–water partition coefficient (Wildman–Crippen LogP) is 3.57. The highest BCUT2D eigenvalue weighted by molar-refractivity contribution is 5.99. The van der Waals surface area contributed by atoms with Gasteiger partial charge >= 0.3 is 5.97 Å². The highest BCUT2D eigenvalue weighted by Crippen LogP contribution is 2.28. The van der Waals surface area contributed by atoms with Crippen molar-refractivity contribution in [3.8, 4) is 5.75 Å². The van der Waals surface area contributed by atoms with Gasteiger partial charge in [0.25, 0.3) is 0 Å². The maximum Gasteiger partial charge on any atom is 0.316 e. The van der Waals surface area contributed by atoms with Crippen LogP contribution in [0.3, 0.4) is 0 Å². The van der Waals surface area contributed by atoms with Crippen molar-refractivity contribution in [2.24, 2.45) is 5.92 Å². The summed E-state index contributed by atoms with van der Waals surface area (Å²) in [4.78, 5) is 26.4. The summed E-state index contributed by atoms with van der Waals surface area (Å²) in [6.07, 6.45) is 0.192. The number of hydrogen-bond donors (Lipinski definition) is 0. The normalized spacial score (nSPS) is 17.2. The van der Waals surface area contributed by atoms with Gasteiger partial charge in [0, 0.05) is 18.7 Å². The van der Waals surface area contributed by atoms with E-state index in [1.54, 1.807) is 4.90 Å². The van der Waals surface area contributed by atoms with Crippen molar-refractivity contribution in [3.05, 3.63) is 59.2 Å². The molecule has 0 radical (unpaired) electrons. The van der Waals surface area contributed by atoms with E-state index in [4.69, 9.17) is 4.74 Å². The first-order chi connectivity index (χ1) is 11.4. The van der Waals surface area contributed by atoms with Gasteiger partial charge in [0.05, 0.1) is 5.92 Å². The molecule has 1 heterocycles. The van der Waals surface area contributed by atoms with Gasteiger partial charge in [-0.3, -0.25) is 9.59 Å². The SMILES string of the molecule is Cc1cccc(N2C[C@@H](C(=O)Oc3cc(C)ccc3C)CC2=O)c1. The van der Waals surface area contributed by atoms with E-state index in [9.17, 15) is 9.59 Å². The van der Waals surface area contributed by atoms with Crippen LogP contribution in [-0.4, -0.2) is 18.4 Å². The van der Waals surface area contributed by atoms with Crippen LogP contribution >= 0.6 is 0 Å². The van der Waals surface area contributed by atoms with Crippen molar-refractivity contribution >= 4 is 17.6 Å². The Hall–Kier alpha value is -2.62. The smallest absolute Gasteiger partial charge is 0.316 e. The first kappa shape index (κ1) is 16.2. The Morgan fingerprint density at radius 2 is 1.83 bits per heavy atom. The third-order valence-electron chi connectivity index (χ3n) is 4.33. The maximum atomic E-state index is 12.5. The van der Waals surface area contributed by atoms with Gasteiger partial charge in [0.2, 0.25) is 5.91 Å². The Bertz CT molecular complexity index is 797. The molecule has 0 spiro atoms. The summed E-state index contributed by atoms with van der Waals surface area (Å²) in [5.74, 6) is -0.241. The molecule has 0 aromatic heterocycles. The van der Waals surface area contributed by atoms with Crippen molar-refractivity contribution < 1.29 is 14.3 Å². The highest BCUT2D eigenvalue weighted by atomic mass is 16.5. The topological polar surface area (TPSA) is 46.6 Å². The molecular formula is C20H21NO3. The fourth-order valence-electron chi connectivity index (χ4n) is 2.92. The molecule has 4 heteroatoms. The quantitative estimate of drug-likeness (QED) is 0.641. The number of ether oxygens (including phenoxy) is 1. The van der Waals surface area contributed by atoms with Crippen LogP contribution in [0.15, 0.2) is 42.5 Å². The van der Waals surface area contributed by atoms with Crippen LogP contribution in [0.1, 0.15) is 23.1 Å². The fraction of sp³-hybridized carbons (Fsp3) is 0.300. The molecule has 124 valence electrons. The van der Waals surface area contributed by atoms with Crippen LogP contribution in [0.5, 0.6) is 5.75 Å². The lowest BCUT2D eigenvalue weighted by Crippen LogP contribution is -2.27. The van der Waals surface area contributed by atoms with Gasteiger partial charge in [0.15, 0.2) is 0 Å². The molecule has 3 rings (SSSR count). The summed E-state index contributed by atoms with van der Waals surface area (Å²) < 4.78 is 5.55. The van der Waals surface area contributed by atoms with E-state index in [0.29, 0.717) is 12.3 Å². The number of rotatable bonds is 3. The van der Waals surface area contributed by atoms with Crippen LogP contribution in [0.25, 0.3) is 0 Å². The number of esters is 1. The second kappa shape index (κ2) is 6.48. The average Bonchev–Trinajstić information content (AvgIpc) is 2.93. The van der Waals surface area contributed by atoms with Crippen molar-refractivity contribution in [1.29, 1.82) is 0 Å². The number of anilines is 1. The molecule has 2 aromatic rings. The number of nitrogens with zero attached hydrogens (tertiary/aromatic N) is 1. The second-order valence-corrected chi connectivity index (χ2v) is 6.43. The Kier molecular flexibility index (Phi) is 4.38. The Balaban J connectivity index is 1.73. The molecule has 1 saturated heterocycles. The monoisotopic (exact) mass is 323 g/mol. The summed E-state index contributed by atoms with van der Waals surface area (Å²) >= 11 is 0. The van der Waals surface area contributed by atoms with E-state index in [2.05, 4.69) is 0 Å². The van der Waals surface area contributed by atoms with E-state index in [1.165, 1.54) is 0 Å². The number of benzene rings is 2. The fourth-order valence-corrected chi connectivity index (χ4v) is 2.92. The summed E-state index contributed by atoms with van der Waals surface area (Å²) in [5, 5.41) is 0. The lowest BCUT2D eigenvalue weighted by Gasteiger charge is -2.17. The number of hydrogen-bond acceptors (Lipinski definition) is 3. The summed E-state index contributed by atoms with van der Waals surface area (Å²) in [6.45, 7) is 6.21. The number of carbonyl (C=O) groups is 2. The molecule has 1 atom stereocenters. The third-order valence-corrected chi connectivity index (χ3v) is 4.33. The first-order valence-corrected chi connectivity index (χ1v) is 8.10. The molecular weight excluding hydrogens is 302 g/mol. The van der Waals surface area contributed by atoms with E-state index in [-0.39, 0.29) is 18.3 Å². The minimum atomic E-state index is -0.432. The minimum Gasteiger partial charge on any atom is -0.426 e. The van der Waals surface area contributed by atoms with Crippen LogP contribution in [0.4, 0.5) is 5.69 Å². The molecule has 1 aliphatic rings. The zero-order valence-electron chi connectivity index (χ0n) is 14.2. The van der Waals surface area contributed by atoms with Gasteiger partial charge in [-0.15, -0.1) is 0 Å². The Morgan fingerprint density at radius 3 is 2.58 bits per heavy atom.